The Labute approximate surface area is 119 Å². The van der Waals surface area contributed by atoms with Crippen LogP contribution < -0.4 is 10.6 Å². The largest absolute Gasteiger partial charge is 0.505 e. The number of aromatic hydroxyl groups is 1. The molecule has 4 nitrogen and oxygen atoms in total. The minimum atomic E-state index is -0.598. The number of phenolic OH excluding ortho intramolecular Hbond substituents is 1. The standard InChI is InChI=1S/C15H22FN3O/c1-17-15(19-12-5-3-2-4-6-12)18-10-11-7-8-14(20)13(16)9-11/h7-9,12,20H,2-6,10H2,1H3,(H2,17,18,19). The highest BCUT2D eigenvalue weighted by atomic mass is 19.1. The van der Waals surface area contributed by atoms with Gasteiger partial charge in [-0.15, -0.1) is 0 Å². The lowest BCUT2D eigenvalue weighted by atomic mass is 9.96. The molecule has 0 heterocycles. The van der Waals surface area contributed by atoms with Crippen molar-refractivity contribution in [2.45, 2.75) is 44.7 Å². The smallest absolute Gasteiger partial charge is 0.191 e. The summed E-state index contributed by atoms with van der Waals surface area (Å²) in [5.74, 6) is -0.177. The summed E-state index contributed by atoms with van der Waals surface area (Å²) in [7, 11) is 1.73. The van der Waals surface area contributed by atoms with Crippen LogP contribution >= 0.6 is 0 Å². The van der Waals surface area contributed by atoms with Crippen molar-refractivity contribution in [3.63, 3.8) is 0 Å². The molecule has 5 heteroatoms. The molecular formula is C15H22FN3O. The number of hydrogen-bond donors (Lipinski definition) is 3. The molecular weight excluding hydrogens is 257 g/mol. The monoisotopic (exact) mass is 279 g/mol. The first-order valence-corrected chi connectivity index (χ1v) is 7.13. The maximum Gasteiger partial charge on any atom is 0.191 e. The van der Waals surface area contributed by atoms with Gasteiger partial charge in [0.05, 0.1) is 0 Å². The van der Waals surface area contributed by atoms with Gasteiger partial charge in [-0.1, -0.05) is 25.3 Å². The van der Waals surface area contributed by atoms with Crippen LogP contribution in [-0.4, -0.2) is 24.2 Å². The van der Waals surface area contributed by atoms with Gasteiger partial charge in [0.2, 0.25) is 0 Å². The highest BCUT2D eigenvalue weighted by Crippen LogP contribution is 2.17. The van der Waals surface area contributed by atoms with E-state index in [9.17, 15) is 4.39 Å². The molecule has 0 bridgehead atoms. The summed E-state index contributed by atoms with van der Waals surface area (Å²) < 4.78 is 13.2. The number of hydrogen-bond acceptors (Lipinski definition) is 2. The van der Waals surface area contributed by atoms with E-state index in [0.717, 1.165) is 11.5 Å². The highest BCUT2D eigenvalue weighted by Gasteiger charge is 2.14. The van der Waals surface area contributed by atoms with Crippen molar-refractivity contribution < 1.29 is 9.50 Å². The van der Waals surface area contributed by atoms with Crippen molar-refractivity contribution in [1.29, 1.82) is 0 Å². The number of phenols is 1. The molecule has 0 aromatic heterocycles. The number of nitrogens with zero attached hydrogens (tertiary/aromatic N) is 1. The second-order valence-electron chi connectivity index (χ2n) is 5.19. The molecule has 0 unspecified atom stereocenters. The Kier molecular flexibility index (Phi) is 5.21. The van der Waals surface area contributed by atoms with Gasteiger partial charge in [0, 0.05) is 19.6 Å². The van der Waals surface area contributed by atoms with Crippen molar-refractivity contribution in [3.8, 4) is 5.75 Å². The van der Waals surface area contributed by atoms with Gasteiger partial charge in [-0.25, -0.2) is 4.39 Å². The van der Waals surface area contributed by atoms with Crippen molar-refractivity contribution in [2.24, 2.45) is 4.99 Å². The number of rotatable bonds is 3. The lowest BCUT2D eigenvalue weighted by Gasteiger charge is -2.24. The van der Waals surface area contributed by atoms with Gasteiger partial charge in [0.15, 0.2) is 17.5 Å². The zero-order valence-corrected chi connectivity index (χ0v) is 11.8. The summed E-state index contributed by atoms with van der Waals surface area (Å²) in [6.07, 6.45) is 6.19. The van der Waals surface area contributed by atoms with Gasteiger partial charge in [-0.2, -0.15) is 0 Å². The molecule has 0 atom stereocenters. The van der Waals surface area contributed by atoms with Crippen LogP contribution in [0.3, 0.4) is 0 Å². The molecule has 1 fully saturated rings. The zero-order chi connectivity index (χ0) is 14.4. The van der Waals surface area contributed by atoms with E-state index < -0.39 is 5.82 Å². The predicted octanol–water partition coefficient (Wildman–Crippen LogP) is 2.53. The molecule has 1 saturated carbocycles. The van der Waals surface area contributed by atoms with Crippen molar-refractivity contribution in [3.05, 3.63) is 29.6 Å². The molecule has 1 aliphatic rings. The molecule has 0 amide bonds. The minimum absolute atomic E-state index is 0.321. The van der Waals surface area contributed by atoms with Crippen LogP contribution in [0.4, 0.5) is 4.39 Å². The highest BCUT2D eigenvalue weighted by molar-refractivity contribution is 5.79. The first-order chi connectivity index (χ1) is 9.69. The summed E-state index contributed by atoms with van der Waals surface area (Å²) in [6, 6.07) is 4.87. The van der Waals surface area contributed by atoms with Crippen LogP contribution in [0.1, 0.15) is 37.7 Å². The summed E-state index contributed by atoms with van der Waals surface area (Å²) in [5.41, 5.74) is 0.770. The molecule has 2 rings (SSSR count). The summed E-state index contributed by atoms with van der Waals surface area (Å²) in [6.45, 7) is 0.476. The van der Waals surface area contributed by atoms with E-state index in [1.165, 1.54) is 44.2 Å². The molecule has 3 N–H and O–H groups in total. The van der Waals surface area contributed by atoms with Crippen LogP contribution in [0.15, 0.2) is 23.2 Å². The first-order valence-electron chi connectivity index (χ1n) is 7.13. The van der Waals surface area contributed by atoms with Crippen LogP contribution in [0.2, 0.25) is 0 Å². The molecule has 20 heavy (non-hydrogen) atoms. The molecule has 0 aliphatic heterocycles. The third kappa shape index (κ3) is 4.11. The van der Waals surface area contributed by atoms with Crippen LogP contribution in [-0.2, 0) is 6.54 Å². The lowest BCUT2D eigenvalue weighted by Crippen LogP contribution is -2.43. The van der Waals surface area contributed by atoms with E-state index in [-0.39, 0.29) is 5.75 Å². The third-order valence-corrected chi connectivity index (χ3v) is 3.64. The van der Waals surface area contributed by atoms with E-state index in [0.29, 0.717) is 12.6 Å². The van der Waals surface area contributed by atoms with Gasteiger partial charge in [-0.3, -0.25) is 4.99 Å². The molecule has 0 radical (unpaired) electrons. The average Bonchev–Trinajstić information content (AvgIpc) is 2.48. The quantitative estimate of drug-likeness (QED) is 0.588. The summed E-state index contributed by atoms with van der Waals surface area (Å²) in [5, 5.41) is 15.7. The van der Waals surface area contributed by atoms with E-state index in [1.54, 1.807) is 13.1 Å². The van der Waals surface area contributed by atoms with Crippen molar-refractivity contribution >= 4 is 5.96 Å². The SMILES string of the molecule is CN=C(NCc1ccc(O)c(F)c1)NC1CCCCC1. The molecule has 0 spiro atoms. The Bertz CT molecular complexity index is 470. The molecule has 1 aliphatic carbocycles. The molecule has 1 aromatic rings. The maximum atomic E-state index is 13.2. The minimum Gasteiger partial charge on any atom is -0.505 e. The average molecular weight is 279 g/mol. The summed E-state index contributed by atoms with van der Waals surface area (Å²) in [4.78, 5) is 4.19. The predicted molar refractivity (Wildman–Crippen MR) is 78.3 cm³/mol. The number of halogens is 1. The number of nitrogens with one attached hydrogen (secondary N) is 2. The number of benzene rings is 1. The van der Waals surface area contributed by atoms with Gasteiger partial charge < -0.3 is 15.7 Å². The Morgan fingerprint density at radius 2 is 2.10 bits per heavy atom. The van der Waals surface area contributed by atoms with Gasteiger partial charge >= 0.3 is 0 Å². The third-order valence-electron chi connectivity index (χ3n) is 3.64. The van der Waals surface area contributed by atoms with Crippen molar-refractivity contribution in [2.75, 3.05) is 7.05 Å². The second-order valence-corrected chi connectivity index (χ2v) is 5.19. The van der Waals surface area contributed by atoms with Gasteiger partial charge in [-0.05, 0) is 30.5 Å². The van der Waals surface area contributed by atoms with Crippen LogP contribution in [0, 0.1) is 5.82 Å². The number of aliphatic imine (C=N–C) groups is 1. The van der Waals surface area contributed by atoms with Gasteiger partial charge in [0.1, 0.15) is 0 Å². The first kappa shape index (κ1) is 14.6. The van der Waals surface area contributed by atoms with Crippen LogP contribution in [0.5, 0.6) is 5.75 Å². The normalized spacial score (nSPS) is 17.0. The Balaban J connectivity index is 1.85. The lowest BCUT2D eigenvalue weighted by molar-refractivity contribution is 0.410. The fourth-order valence-corrected chi connectivity index (χ4v) is 2.48. The maximum absolute atomic E-state index is 13.2. The Morgan fingerprint density at radius 3 is 2.75 bits per heavy atom. The molecule has 0 saturated heterocycles. The number of guanidine groups is 1. The Morgan fingerprint density at radius 1 is 1.35 bits per heavy atom. The summed E-state index contributed by atoms with van der Waals surface area (Å²) >= 11 is 0. The van der Waals surface area contributed by atoms with Crippen LogP contribution in [0.25, 0.3) is 0 Å². The fraction of sp³-hybridized carbons (Fsp3) is 0.533. The Hall–Kier alpha value is -1.78. The zero-order valence-electron chi connectivity index (χ0n) is 11.8. The van der Waals surface area contributed by atoms with E-state index in [1.807, 2.05) is 0 Å². The second kappa shape index (κ2) is 7.12. The van der Waals surface area contributed by atoms with E-state index in [2.05, 4.69) is 15.6 Å². The fourth-order valence-electron chi connectivity index (χ4n) is 2.48. The van der Waals surface area contributed by atoms with E-state index >= 15 is 0 Å². The van der Waals surface area contributed by atoms with E-state index in [4.69, 9.17) is 5.11 Å². The topological polar surface area (TPSA) is 56.7 Å². The van der Waals surface area contributed by atoms with Crippen molar-refractivity contribution in [1.82, 2.24) is 10.6 Å². The molecule has 1 aromatic carbocycles. The molecule has 110 valence electrons. The van der Waals surface area contributed by atoms with Gasteiger partial charge in [0.25, 0.3) is 0 Å².